The molecule has 0 radical (unpaired) electrons. The maximum absolute atomic E-state index is 13.4. The number of benzene rings is 1. The van der Waals surface area contributed by atoms with Crippen LogP contribution in [0.2, 0.25) is 0 Å². The molecule has 0 spiro atoms. The zero-order valence-electron chi connectivity index (χ0n) is 11.6. The summed E-state index contributed by atoms with van der Waals surface area (Å²) in [5.74, 6) is -0.288. The van der Waals surface area contributed by atoms with Crippen molar-refractivity contribution in [2.24, 2.45) is 15.2 Å². The molecule has 1 aromatic heterocycles. The van der Waals surface area contributed by atoms with Crippen LogP contribution in [-0.2, 0) is 9.84 Å². The van der Waals surface area contributed by atoms with Gasteiger partial charge in [-0.1, -0.05) is 12.1 Å². The van der Waals surface area contributed by atoms with Crippen LogP contribution in [0.5, 0.6) is 0 Å². The van der Waals surface area contributed by atoms with Gasteiger partial charge < -0.3 is 0 Å². The summed E-state index contributed by atoms with van der Waals surface area (Å²) in [7, 11) is -3.51. The van der Waals surface area contributed by atoms with E-state index in [1.54, 1.807) is 12.1 Å². The van der Waals surface area contributed by atoms with Gasteiger partial charge >= 0.3 is 0 Å². The molecular weight excluding hydrogens is 307 g/mol. The van der Waals surface area contributed by atoms with Gasteiger partial charge in [-0.15, -0.1) is 5.11 Å². The number of pyridine rings is 1. The van der Waals surface area contributed by atoms with E-state index >= 15 is 0 Å². The molecule has 1 aromatic carbocycles. The van der Waals surface area contributed by atoms with E-state index in [1.165, 1.54) is 18.3 Å². The van der Waals surface area contributed by atoms with Crippen LogP contribution in [0.15, 0.2) is 56.8 Å². The van der Waals surface area contributed by atoms with Gasteiger partial charge in [0.25, 0.3) is 0 Å². The van der Waals surface area contributed by atoms with Crippen molar-refractivity contribution in [1.29, 1.82) is 0 Å². The highest BCUT2D eigenvalue weighted by Crippen LogP contribution is 2.30. The smallest absolute Gasteiger partial charge is 0.180 e. The lowest BCUT2D eigenvalue weighted by molar-refractivity contribution is 0.601. The molecule has 0 N–H and O–H groups in total. The Hall–Kier alpha value is -2.48. The third-order valence-electron chi connectivity index (χ3n) is 3.11. The molecule has 0 amide bonds. The maximum Gasteiger partial charge on any atom is 0.180 e. The van der Waals surface area contributed by atoms with Crippen molar-refractivity contribution in [3.8, 4) is 11.1 Å². The molecule has 8 heteroatoms. The Bertz CT molecular complexity index is 907. The third-order valence-corrected chi connectivity index (χ3v) is 4.25. The lowest BCUT2D eigenvalue weighted by atomic mass is 10.0. The largest absolute Gasteiger partial charge is 0.261 e. The van der Waals surface area contributed by atoms with Gasteiger partial charge in [-0.05, 0) is 17.7 Å². The Labute approximate surface area is 126 Å². The van der Waals surface area contributed by atoms with Crippen LogP contribution in [0.3, 0.4) is 0 Å². The van der Waals surface area contributed by atoms with Crippen LogP contribution >= 0.6 is 0 Å². The van der Waals surface area contributed by atoms with Gasteiger partial charge in [0.15, 0.2) is 22.3 Å². The van der Waals surface area contributed by atoms with Gasteiger partial charge in [0.2, 0.25) is 0 Å². The first kappa shape index (κ1) is 14.5. The third kappa shape index (κ3) is 2.64. The van der Waals surface area contributed by atoms with E-state index in [0.717, 1.165) is 12.5 Å². The molecule has 1 aliphatic heterocycles. The molecule has 6 nitrogen and oxygen atoms in total. The van der Waals surface area contributed by atoms with Crippen LogP contribution in [0.25, 0.3) is 11.1 Å². The van der Waals surface area contributed by atoms with Gasteiger partial charge in [0.1, 0.15) is 5.82 Å². The van der Waals surface area contributed by atoms with E-state index < -0.39 is 15.7 Å². The quantitative estimate of drug-likeness (QED) is 0.871. The predicted molar refractivity (Wildman–Crippen MR) is 79.0 cm³/mol. The summed E-state index contributed by atoms with van der Waals surface area (Å²) in [6.45, 7) is 0.147. The average molecular weight is 318 g/mol. The number of rotatable bonds is 3. The summed E-state index contributed by atoms with van der Waals surface area (Å²) in [6.07, 6.45) is 3.64. The molecule has 3 rings (SSSR count). The number of hydrogen-bond acceptors (Lipinski definition) is 6. The number of aliphatic imine (C=N–C) groups is 1. The lowest BCUT2D eigenvalue weighted by Crippen LogP contribution is -2.08. The van der Waals surface area contributed by atoms with Crippen molar-refractivity contribution in [1.82, 2.24) is 4.98 Å². The molecule has 0 fully saturated rings. The zero-order chi connectivity index (χ0) is 15.7. The van der Waals surface area contributed by atoms with E-state index in [4.69, 9.17) is 0 Å². The highest BCUT2D eigenvalue weighted by molar-refractivity contribution is 7.90. The molecule has 22 heavy (non-hydrogen) atoms. The first-order chi connectivity index (χ1) is 10.5. The van der Waals surface area contributed by atoms with Gasteiger partial charge in [-0.3, -0.25) is 4.98 Å². The summed E-state index contributed by atoms with van der Waals surface area (Å²) in [6, 6.07) is 6.02. The second kappa shape index (κ2) is 5.38. The highest BCUT2D eigenvalue weighted by Gasteiger charge is 2.23. The molecule has 0 atom stereocenters. The van der Waals surface area contributed by atoms with Crippen LogP contribution < -0.4 is 0 Å². The minimum atomic E-state index is -3.51. The molecule has 0 saturated carbocycles. The molecule has 0 aliphatic carbocycles. The lowest BCUT2D eigenvalue weighted by Gasteiger charge is -2.12. The van der Waals surface area contributed by atoms with Crippen molar-refractivity contribution < 1.29 is 12.8 Å². The number of hydrogen-bond donors (Lipinski definition) is 0. The zero-order valence-corrected chi connectivity index (χ0v) is 12.4. The minimum Gasteiger partial charge on any atom is -0.261 e. The van der Waals surface area contributed by atoms with E-state index in [1.807, 2.05) is 0 Å². The maximum atomic E-state index is 13.4. The first-order valence-electron chi connectivity index (χ1n) is 6.33. The fourth-order valence-corrected chi connectivity index (χ4v) is 3.13. The molecular formula is C14H11FN4O2S. The van der Waals surface area contributed by atoms with Crippen LogP contribution in [0, 0.1) is 5.82 Å². The molecule has 112 valence electrons. The van der Waals surface area contributed by atoms with Gasteiger partial charge in [-0.2, -0.15) is 5.11 Å². The summed E-state index contributed by atoms with van der Waals surface area (Å²) < 4.78 is 37.5. The van der Waals surface area contributed by atoms with Crippen LogP contribution in [0.4, 0.5) is 4.39 Å². The number of halogens is 1. The number of aromatic nitrogens is 1. The minimum absolute atomic E-state index is 0.0776. The monoisotopic (exact) mass is 318 g/mol. The normalized spacial score (nSPS) is 14.2. The van der Waals surface area contributed by atoms with Crippen molar-refractivity contribution in [2.75, 3.05) is 12.9 Å². The summed E-state index contributed by atoms with van der Waals surface area (Å²) >= 11 is 0. The number of amidine groups is 1. The Morgan fingerprint density at radius 1 is 1.23 bits per heavy atom. The van der Waals surface area contributed by atoms with Crippen molar-refractivity contribution in [3.05, 3.63) is 48.0 Å². The Morgan fingerprint density at radius 2 is 2.05 bits per heavy atom. The molecule has 2 heterocycles. The molecule has 0 unspecified atom stereocenters. The van der Waals surface area contributed by atoms with Gasteiger partial charge in [0, 0.05) is 23.6 Å². The summed E-state index contributed by atoms with van der Waals surface area (Å²) in [5.41, 5.74) is 1.26. The molecule has 0 bridgehead atoms. The number of sulfone groups is 1. The highest BCUT2D eigenvalue weighted by atomic mass is 32.2. The predicted octanol–water partition coefficient (Wildman–Crippen LogP) is 2.46. The standard InChI is InChI=1S/C14H11FN4O2S/c1-22(20,21)12-4-2-3-11(9-5-10(15)7-16-6-9)13(12)14-17-8-18-19-14/h2-7H,8H2,1H3. The van der Waals surface area contributed by atoms with Gasteiger partial charge in [-0.25, -0.2) is 17.8 Å². The van der Waals surface area contributed by atoms with E-state index in [2.05, 4.69) is 20.2 Å². The van der Waals surface area contributed by atoms with Crippen molar-refractivity contribution in [3.63, 3.8) is 0 Å². The fraction of sp³-hybridized carbons (Fsp3) is 0.143. The van der Waals surface area contributed by atoms with Crippen molar-refractivity contribution in [2.45, 2.75) is 4.90 Å². The second-order valence-electron chi connectivity index (χ2n) is 4.71. The first-order valence-corrected chi connectivity index (χ1v) is 8.22. The van der Waals surface area contributed by atoms with E-state index in [-0.39, 0.29) is 17.4 Å². The average Bonchev–Trinajstić information content (AvgIpc) is 2.99. The molecule has 0 saturated heterocycles. The SMILES string of the molecule is CS(=O)(=O)c1cccc(-c2cncc(F)c2)c1C1=NCN=N1. The van der Waals surface area contributed by atoms with Crippen LogP contribution in [-0.4, -0.2) is 32.2 Å². The Balaban J connectivity index is 2.33. The summed E-state index contributed by atoms with van der Waals surface area (Å²) in [4.78, 5) is 7.97. The molecule has 2 aromatic rings. The fourth-order valence-electron chi connectivity index (χ4n) is 2.23. The second-order valence-corrected chi connectivity index (χ2v) is 6.69. The van der Waals surface area contributed by atoms with Gasteiger partial charge in [0.05, 0.1) is 11.1 Å². The van der Waals surface area contributed by atoms with Crippen LogP contribution in [0.1, 0.15) is 5.56 Å². The van der Waals surface area contributed by atoms with E-state index in [0.29, 0.717) is 16.7 Å². The Morgan fingerprint density at radius 3 is 2.68 bits per heavy atom. The number of azo groups is 1. The number of nitrogens with zero attached hydrogens (tertiary/aromatic N) is 4. The topological polar surface area (TPSA) is 84.1 Å². The van der Waals surface area contributed by atoms with E-state index in [9.17, 15) is 12.8 Å². The Kier molecular flexibility index (Phi) is 3.53. The molecule has 1 aliphatic rings. The summed E-state index contributed by atoms with van der Waals surface area (Å²) in [5, 5.41) is 7.64. The van der Waals surface area contributed by atoms with Crippen molar-refractivity contribution >= 4 is 15.7 Å².